The second-order valence-electron chi connectivity index (χ2n) is 11.4. The van der Waals surface area contributed by atoms with Crippen LogP contribution in [0.3, 0.4) is 0 Å². The molecule has 0 amide bonds. The van der Waals surface area contributed by atoms with Gasteiger partial charge in [0.15, 0.2) is 5.75 Å². The van der Waals surface area contributed by atoms with Crippen LogP contribution in [0, 0.1) is 6.92 Å². The quantitative estimate of drug-likeness (QED) is 0.311. The average molecular weight is 547 g/mol. The van der Waals surface area contributed by atoms with Gasteiger partial charge in [-0.1, -0.05) is 17.7 Å². The Morgan fingerprint density at radius 1 is 0.897 bits per heavy atom. The zero-order valence-electron chi connectivity index (χ0n) is 22.7. The topological polar surface area (TPSA) is 79.4 Å². The lowest BCUT2D eigenvalue weighted by Crippen LogP contribution is -2.36. The number of piperidine rings is 2. The number of likely N-dealkylation sites (tertiary alicyclic amines) is 1. The molecule has 0 radical (unpaired) electrons. The van der Waals surface area contributed by atoms with E-state index in [9.17, 15) is 0 Å². The Balaban J connectivity index is 1.45. The fourth-order valence-electron chi connectivity index (χ4n) is 5.98. The molecule has 4 heterocycles. The monoisotopic (exact) mass is 546 g/mol. The maximum absolute atomic E-state index is 7.19. The molecule has 39 heavy (non-hydrogen) atoms. The molecule has 3 aliphatic rings. The van der Waals surface area contributed by atoms with E-state index in [0.717, 1.165) is 115 Å². The van der Waals surface area contributed by atoms with Gasteiger partial charge in [-0.25, -0.2) is 0 Å². The van der Waals surface area contributed by atoms with E-state index in [4.69, 9.17) is 31.0 Å². The Labute approximate surface area is 233 Å². The van der Waals surface area contributed by atoms with Crippen molar-refractivity contribution in [3.63, 3.8) is 0 Å². The first kappa shape index (κ1) is 24.9. The van der Waals surface area contributed by atoms with E-state index in [0.29, 0.717) is 11.0 Å². The highest BCUT2D eigenvalue weighted by Crippen LogP contribution is 2.49. The molecule has 2 aromatic carbocycles. The Kier molecular flexibility index (Phi) is 6.47. The van der Waals surface area contributed by atoms with Crippen LogP contribution >= 0.6 is 11.6 Å². The molecule has 3 fully saturated rings. The first-order chi connectivity index (χ1) is 19.0. The van der Waals surface area contributed by atoms with Gasteiger partial charge in [0.05, 0.1) is 22.8 Å². The highest BCUT2D eigenvalue weighted by Gasteiger charge is 2.31. The lowest BCUT2D eigenvalue weighted by molar-refractivity contribution is 0.105. The van der Waals surface area contributed by atoms with Gasteiger partial charge in [-0.3, -0.25) is 5.10 Å². The number of halogens is 1. The number of fused-ring (bicyclic) bond motifs is 2. The fourth-order valence-corrected chi connectivity index (χ4v) is 6.27. The number of ether oxygens (including phenoxy) is 2. The first-order valence-corrected chi connectivity index (χ1v) is 14.7. The van der Waals surface area contributed by atoms with Crippen molar-refractivity contribution >= 4 is 39.2 Å². The molecular formula is C30H35ClN6O2. The van der Waals surface area contributed by atoms with Crippen molar-refractivity contribution in [2.45, 2.75) is 64.1 Å². The number of aromatic amines is 1. The van der Waals surface area contributed by atoms with E-state index in [1.54, 1.807) is 0 Å². The summed E-state index contributed by atoms with van der Waals surface area (Å²) >= 11 is 7.19. The number of rotatable bonds is 6. The Bertz CT molecular complexity index is 1520. The minimum atomic E-state index is 0.106. The van der Waals surface area contributed by atoms with Crippen LogP contribution in [0.4, 0.5) is 5.82 Å². The smallest absolute Gasteiger partial charge is 0.319 e. The van der Waals surface area contributed by atoms with Crippen molar-refractivity contribution in [1.29, 1.82) is 0 Å². The van der Waals surface area contributed by atoms with E-state index in [2.05, 4.69) is 46.1 Å². The van der Waals surface area contributed by atoms with Gasteiger partial charge in [0.2, 0.25) is 0 Å². The van der Waals surface area contributed by atoms with Gasteiger partial charge in [0.25, 0.3) is 0 Å². The molecule has 1 saturated carbocycles. The molecule has 204 valence electrons. The number of nitrogens with zero attached hydrogens (tertiary/aromatic N) is 5. The van der Waals surface area contributed by atoms with Crippen LogP contribution in [-0.2, 0) is 0 Å². The molecule has 2 aromatic heterocycles. The van der Waals surface area contributed by atoms with Crippen molar-refractivity contribution in [3.05, 3.63) is 35.0 Å². The van der Waals surface area contributed by atoms with Crippen LogP contribution < -0.4 is 14.4 Å². The van der Waals surface area contributed by atoms with E-state index in [1.165, 1.54) is 6.42 Å². The highest BCUT2D eigenvalue weighted by atomic mass is 35.5. The molecule has 2 aliphatic heterocycles. The predicted octanol–water partition coefficient (Wildman–Crippen LogP) is 6.14. The van der Waals surface area contributed by atoms with Gasteiger partial charge < -0.3 is 19.3 Å². The molecule has 1 N–H and O–H groups in total. The molecule has 0 spiro atoms. The van der Waals surface area contributed by atoms with Crippen LogP contribution in [0.2, 0.25) is 5.02 Å². The third kappa shape index (κ3) is 4.78. The van der Waals surface area contributed by atoms with Crippen LogP contribution in [0.25, 0.3) is 32.9 Å². The maximum atomic E-state index is 7.19. The molecule has 0 unspecified atom stereocenters. The minimum absolute atomic E-state index is 0.106. The van der Waals surface area contributed by atoms with Gasteiger partial charge in [-0.2, -0.15) is 15.1 Å². The lowest BCUT2D eigenvalue weighted by Gasteiger charge is -2.31. The van der Waals surface area contributed by atoms with E-state index in [-0.39, 0.29) is 12.2 Å². The van der Waals surface area contributed by atoms with Crippen LogP contribution in [-0.4, -0.2) is 70.5 Å². The number of aryl methyl sites for hydroxylation is 1. The lowest BCUT2D eigenvalue weighted by atomic mass is 9.94. The summed E-state index contributed by atoms with van der Waals surface area (Å²) in [5, 5.41) is 10.0. The van der Waals surface area contributed by atoms with Gasteiger partial charge in [0.1, 0.15) is 17.4 Å². The number of H-pyrrole nitrogens is 1. The summed E-state index contributed by atoms with van der Waals surface area (Å²) in [5.74, 6) is 1.63. The summed E-state index contributed by atoms with van der Waals surface area (Å²) in [7, 11) is 2.16. The molecule has 2 saturated heterocycles. The van der Waals surface area contributed by atoms with Gasteiger partial charge in [-0.05, 0) is 76.6 Å². The van der Waals surface area contributed by atoms with Gasteiger partial charge in [0, 0.05) is 48.1 Å². The summed E-state index contributed by atoms with van der Waals surface area (Å²) in [5.41, 5.74) is 4.75. The van der Waals surface area contributed by atoms with Crippen molar-refractivity contribution in [2.24, 2.45) is 0 Å². The Morgan fingerprint density at radius 3 is 2.44 bits per heavy atom. The standard InChI is InChI=1S/C30H35ClN6O2/c1-18-6-9-24-22(17-32-35-24)25(18)26-23(31)16-21-27(28(26)38-19-7-8-19)33-30(39-20-10-14-36(2)15-11-20)34-29(21)37-12-4-3-5-13-37/h6,9,16-17,19-20H,3-5,7-8,10-15H2,1-2H3,(H,32,35). The number of nitrogens with one attached hydrogen (secondary N) is 1. The van der Waals surface area contributed by atoms with Gasteiger partial charge in [-0.15, -0.1) is 0 Å². The number of hydrogen-bond acceptors (Lipinski definition) is 7. The predicted molar refractivity (Wildman–Crippen MR) is 155 cm³/mol. The summed E-state index contributed by atoms with van der Waals surface area (Å²) in [6, 6.07) is 6.63. The number of benzene rings is 2. The maximum Gasteiger partial charge on any atom is 0.319 e. The fraction of sp³-hybridized carbons (Fsp3) is 0.500. The molecule has 0 atom stereocenters. The van der Waals surface area contributed by atoms with E-state index in [1.807, 2.05) is 12.3 Å². The van der Waals surface area contributed by atoms with Crippen LogP contribution in [0.5, 0.6) is 11.8 Å². The largest absolute Gasteiger partial charge is 0.487 e. The zero-order chi connectivity index (χ0) is 26.5. The molecule has 7 rings (SSSR count). The Morgan fingerprint density at radius 2 is 1.67 bits per heavy atom. The molecule has 8 nitrogen and oxygen atoms in total. The first-order valence-electron chi connectivity index (χ1n) is 14.3. The molecular weight excluding hydrogens is 512 g/mol. The van der Waals surface area contributed by atoms with Crippen molar-refractivity contribution in [3.8, 4) is 22.9 Å². The second-order valence-corrected chi connectivity index (χ2v) is 11.8. The minimum Gasteiger partial charge on any atom is -0.487 e. The summed E-state index contributed by atoms with van der Waals surface area (Å²) in [6.07, 6.45) is 9.68. The molecule has 9 heteroatoms. The van der Waals surface area contributed by atoms with Gasteiger partial charge >= 0.3 is 6.01 Å². The normalized spacial score (nSPS) is 19.2. The Hall–Kier alpha value is -3.10. The third-order valence-corrected chi connectivity index (χ3v) is 8.64. The SMILES string of the molecule is Cc1ccc2[nH]ncc2c1-c1c(Cl)cc2c(N3CCCCC3)nc(OC3CCN(C)CC3)nc2c1OC1CC1. The van der Waals surface area contributed by atoms with Crippen molar-refractivity contribution in [2.75, 3.05) is 38.1 Å². The second kappa shape index (κ2) is 10.1. The average Bonchev–Trinajstić information content (AvgIpc) is 3.64. The number of aromatic nitrogens is 4. The number of anilines is 1. The summed E-state index contributed by atoms with van der Waals surface area (Å²) in [4.78, 5) is 14.8. The molecule has 4 aromatic rings. The molecule has 1 aliphatic carbocycles. The zero-order valence-corrected chi connectivity index (χ0v) is 23.4. The van der Waals surface area contributed by atoms with Crippen molar-refractivity contribution < 1.29 is 9.47 Å². The summed E-state index contributed by atoms with van der Waals surface area (Å²) in [6.45, 7) is 6.07. The summed E-state index contributed by atoms with van der Waals surface area (Å²) < 4.78 is 13.2. The van der Waals surface area contributed by atoms with Crippen molar-refractivity contribution in [1.82, 2.24) is 25.1 Å². The van der Waals surface area contributed by atoms with E-state index < -0.39 is 0 Å². The molecule has 0 bridgehead atoms. The van der Waals surface area contributed by atoms with Crippen LogP contribution in [0.15, 0.2) is 24.4 Å². The number of hydrogen-bond donors (Lipinski definition) is 1. The third-order valence-electron chi connectivity index (χ3n) is 8.34. The highest BCUT2D eigenvalue weighted by molar-refractivity contribution is 6.35. The van der Waals surface area contributed by atoms with Crippen LogP contribution in [0.1, 0.15) is 50.5 Å². The van der Waals surface area contributed by atoms with E-state index >= 15 is 0 Å².